The molecule has 2 aromatic rings. The topological polar surface area (TPSA) is 65.9 Å². The molecule has 0 aromatic heterocycles. The molecule has 0 saturated heterocycles. The molecule has 2 rings (SSSR count). The summed E-state index contributed by atoms with van der Waals surface area (Å²) in [6.07, 6.45) is 0. The first-order valence-corrected chi connectivity index (χ1v) is 8.21. The van der Waals surface area contributed by atoms with Crippen LogP contribution in [0.4, 0.5) is 0 Å². The number of aliphatic hydroxyl groups is 1. The van der Waals surface area contributed by atoms with Gasteiger partial charge in [0.2, 0.25) is 0 Å². The van der Waals surface area contributed by atoms with Crippen molar-refractivity contribution in [2.45, 2.75) is 20.1 Å². The average Bonchev–Trinajstić information content (AvgIpc) is 2.64. The van der Waals surface area contributed by atoms with Crippen LogP contribution >= 0.6 is 0 Å². The molecule has 2 aromatic carbocycles. The molecule has 5 nitrogen and oxygen atoms in total. The monoisotopic (exact) mass is 327 g/mol. The Kier molecular flexibility index (Phi) is 7.63. The van der Waals surface area contributed by atoms with Crippen molar-refractivity contribution in [3.05, 3.63) is 65.7 Å². The molecule has 0 unspecified atom stereocenters. The van der Waals surface area contributed by atoms with E-state index in [1.807, 2.05) is 61.5 Å². The van der Waals surface area contributed by atoms with Crippen LogP contribution in [0.15, 0.2) is 59.6 Å². The molecule has 0 saturated carbocycles. The minimum absolute atomic E-state index is 0.0284. The summed E-state index contributed by atoms with van der Waals surface area (Å²) in [6.45, 7) is 4.57. The maximum Gasteiger partial charge on any atom is 0.191 e. The van der Waals surface area contributed by atoms with Gasteiger partial charge in [-0.1, -0.05) is 42.5 Å². The van der Waals surface area contributed by atoms with E-state index in [1.54, 1.807) is 0 Å². The van der Waals surface area contributed by atoms with Crippen LogP contribution in [0.5, 0.6) is 5.75 Å². The van der Waals surface area contributed by atoms with Crippen molar-refractivity contribution < 1.29 is 9.84 Å². The number of nitrogens with zero attached hydrogens (tertiary/aromatic N) is 1. The quantitative estimate of drug-likeness (QED) is 0.395. The number of para-hydroxylation sites is 1. The Hall–Kier alpha value is -2.53. The molecule has 128 valence electrons. The normalized spacial score (nSPS) is 11.2. The highest BCUT2D eigenvalue weighted by Gasteiger charge is 2.01. The molecule has 3 N–H and O–H groups in total. The van der Waals surface area contributed by atoms with E-state index < -0.39 is 0 Å². The predicted octanol–water partition coefficient (Wildman–Crippen LogP) is 2.31. The first kappa shape index (κ1) is 17.8. The number of nitrogens with one attached hydrogen (secondary N) is 2. The number of benzene rings is 2. The minimum atomic E-state index is 0.0284. The fourth-order valence-electron chi connectivity index (χ4n) is 2.23. The molecule has 0 bridgehead atoms. The fraction of sp³-hybridized carbons (Fsp3) is 0.316. The van der Waals surface area contributed by atoms with Crippen molar-refractivity contribution in [2.75, 3.05) is 19.7 Å². The molecule has 0 atom stereocenters. The molecule has 0 aliphatic rings. The summed E-state index contributed by atoms with van der Waals surface area (Å²) in [6, 6.07) is 17.5. The highest BCUT2D eigenvalue weighted by atomic mass is 16.5. The first-order chi connectivity index (χ1) is 11.8. The van der Waals surface area contributed by atoms with E-state index in [1.165, 1.54) is 0 Å². The van der Waals surface area contributed by atoms with E-state index in [2.05, 4.69) is 15.6 Å². The molecular weight excluding hydrogens is 302 g/mol. The SMILES string of the molecule is CCNC(=NCc1ccccc1CO)NCCOc1ccccc1. The minimum Gasteiger partial charge on any atom is -0.492 e. The lowest BCUT2D eigenvalue weighted by atomic mass is 10.1. The van der Waals surface area contributed by atoms with Gasteiger partial charge in [0.1, 0.15) is 12.4 Å². The third-order valence-corrected chi connectivity index (χ3v) is 3.45. The molecule has 0 heterocycles. The lowest BCUT2D eigenvalue weighted by Crippen LogP contribution is -2.39. The number of guanidine groups is 1. The van der Waals surface area contributed by atoms with E-state index in [-0.39, 0.29) is 6.61 Å². The zero-order chi connectivity index (χ0) is 17.0. The summed E-state index contributed by atoms with van der Waals surface area (Å²) < 4.78 is 5.66. The Bertz CT molecular complexity index is 630. The second-order valence-electron chi connectivity index (χ2n) is 5.21. The highest BCUT2D eigenvalue weighted by molar-refractivity contribution is 5.79. The van der Waals surface area contributed by atoms with E-state index in [0.29, 0.717) is 19.7 Å². The van der Waals surface area contributed by atoms with Gasteiger partial charge in [-0.05, 0) is 30.2 Å². The van der Waals surface area contributed by atoms with E-state index in [4.69, 9.17) is 4.74 Å². The van der Waals surface area contributed by atoms with Gasteiger partial charge in [-0.25, -0.2) is 4.99 Å². The maximum absolute atomic E-state index is 9.37. The third kappa shape index (κ3) is 5.93. The van der Waals surface area contributed by atoms with E-state index in [0.717, 1.165) is 29.4 Å². The van der Waals surface area contributed by atoms with Crippen molar-refractivity contribution >= 4 is 5.96 Å². The summed E-state index contributed by atoms with van der Waals surface area (Å²) in [5.41, 5.74) is 1.93. The molecule has 0 fully saturated rings. The lowest BCUT2D eigenvalue weighted by molar-refractivity contribution is 0.280. The molecule has 0 radical (unpaired) electrons. The van der Waals surface area contributed by atoms with Crippen molar-refractivity contribution in [1.29, 1.82) is 0 Å². The van der Waals surface area contributed by atoms with Crippen LogP contribution < -0.4 is 15.4 Å². The van der Waals surface area contributed by atoms with Gasteiger partial charge in [0.05, 0.1) is 19.7 Å². The number of aliphatic imine (C=N–C) groups is 1. The second-order valence-corrected chi connectivity index (χ2v) is 5.21. The van der Waals surface area contributed by atoms with Gasteiger partial charge in [0.25, 0.3) is 0 Å². The lowest BCUT2D eigenvalue weighted by Gasteiger charge is -2.12. The van der Waals surface area contributed by atoms with Crippen LogP contribution in [0.3, 0.4) is 0 Å². The van der Waals surface area contributed by atoms with Gasteiger partial charge in [0, 0.05) is 6.54 Å². The first-order valence-electron chi connectivity index (χ1n) is 8.21. The molecular formula is C19H25N3O2. The summed E-state index contributed by atoms with van der Waals surface area (Å²) in [7, 11) is 0. The summed E-state index contributed by atoms with van der Waals surface area (Å²) in [4.78, 5) is 4.56. The standard InChI is InChI=1S/C19H25N3O2/c1-2-20-19(21-12-13-24-18-10-4-3-5-11-18)22-14-16-8-6-7-9-17(16)15-23/h3-11,23H,2,12-15H2,1H3,(H2,20,21,22). The van der Waals surface area contributed by atoms with Gasteiger partial charge in [-0.15, -0.1) is 0 Å². The molecule has 0 aliphatic carbocycles. The maximum atomic E-state index is 9.37. The number of rotatable bonds is 8. The van der Waals surface area contributed by atoms with Gasteiger partial charge in [-0.3, -0.25) is 0 Å². The number of ether oxygens (including phenoxy) is 1. The van der Waals surface area contributed by atoms with Gasteiger partial charge < -0.3 is 20.5 Å². The van der Waals surface area contributed by atoms with Crippen molar-refractivity contribution in [1.82, 2.24) is 10.6 Å². The predicted molar refractivity (Wildman–Crippen MR) is 97.1 cm³/mol. The molecule has 5 heteroatoms. The fourth-order valence-corrected chi connectivity index (χ4v) is 2.23. The third-order valence-electron chi connectivity index (χ3n) is 3.45. The average molecular weight is 327 g/mol. The molecule has 24 heavy (non-hydrogen) atoms. The second kappa shape index (κ2) is 10.3. The van der Waals surface area contributed by atoms with Crippen LogP contribution in [0, 0.1) is 0 Å². The van der Waals surface area contributed by atoms with Crippen molar-refractivity contribution in [3.63, 3.8) is 0 Å². The molecule has 0 spiro atoms. The number of hydrogen-bond acceptors (Lipinski definition) is 3. The Morgan fingerprint density at radius 3 is 2.42 bits per heavy atom. The Morgan fingerprint density at radius 1 is 1.00 bits per heavy atom. The zero-order valence-electron chi connectivity index (χ0n) is 14.0. The Balaban J connectivity index is 1.84. The smallest absolute Gasteiger partial charge is 0.191 e. The zero-order valence-corrected chi connectivity index (χ0v) is 14.0. The van der Waals surface area contributed by atoms with Gasteiger partial charge in [0.15, 0.2) is 5.96 Å². The number of hydrogen-bond donors (Lipinski definition) is 3. The van der Waals surface area contributed by atoms with Crippen LogP contribution in [-0.2, 0) is 13.2 Å². The van der Waals surface area contributed by atoms with Gasteiger partial charge in [-0.2, -0.15) is 0 Å². The Labute approximate surface area is 143 Å². The Morgan fingerprint density at radius 2 is 1.71 bits per heavy atom. The number of aliphatic hydroxyl groups excluding tert-OH is 1. The molecule has 0 amide bonds. The van der Waals surface area contributed by atoms with Crippen molar-refractivity contribution in [3.8, 4) is 5.75 Å². The summed E-state index contributed by atoms with van der Waals surface area (Å²) >= 11 is 0. The van der Waals surface area contributed by atoms with E-state index in [9.17, 15) is 5.11 Å². The summed E-state index contributed by atoms with van der Waals surface area (Å²) in [5, 5.41) is 15.8. The van der Waals surface area contributed by atoms with Crippen molar-refractivity contribution in [2.24, 2.45) is 4.99 Å². The largest absolute Gasteiger partial charge is 0.492 e. The van der Waals surface area contributed by atoms with Crippen LogP contribution in [0.2, 0.25) is 0 Å². The van der Waals surface area contributed by atoms with Gasteiger partial charge >= 0.3 is 0 Å². The summed E-state index contributed by atoms with van der Waals surface area (Å²) in [5.74, 6) is 1.60. The van der Waals surface area contributed by atoms with Crippen LogP contribution in [0.1, 0.15) is 18.1 Å². The highest BCUT2D eigenvalue weighted by Crippen LogP contribution is 2.10. The van der Waals surface area contributed by atoms with Crippen LogP contribution in [0.25, 0.3) is 0 Å². The van der Waals surface area contributed by atoms with E-state index >= 15 is 0 Å². The molecule has 0 aliphatic heterocycles. The van der Waals surface area contributed by atoms with Crippen LogP contribution in [-0.4, -0.2) is 30.8 Å².